The van der Waals surface area contributed by atoms with Crippen LogP contribution in [-0.2, 0) is 17.8 Å². The second-order valence-corrected chi connectivity index (χ2v) is 9.03. The first-order valence-electron chi connectivity index (χ1n) is 12.3. The summed E-state index contributed by atoms with van der Waals surface area (Å²) in [5.74, 6) is 1.66. The van der Waals surface area contributed by atoms with Crippen molar-refractivity contribution in [2.75, 3.05) is 24.4 Å². The maximum Gasteiger partial charge on any atom is 0.228 e. The van der Waals surface area contributed by atoms with Crippen molar-refractivity contribution in [3.8, 4) is 5.75 Å². The molecule has 186 valence electrons. The fourth-order valence-electron chi connectivity index (χ4n) is 4.66. The summed E-state index contributed by atoms with van der Waals surface area (Å²) in [6.07, 6.45) is 2.08. The number of rotatable bonds is 8. The van der Waals surface area contributed by atoms with E-state index in [4.69, 9.17) is 4.74 Å². The molecule has 0 fully saturated rings. The average Bonchev–Trinajstić information content (AvgIpc) is 3.20. The van der Waals surface area contributed by atoms with Crippen LogP contribution in [0, 0.1) is 6.92 Å². The Bertz CT molecular complexity index is 1510. The maximum absolute atomic E-state index is 13.1. The lowest BCUT2D eigenvalue weighted by Crippen LogP contribution is -2.15. The highest BCUT2D eigenvalue weighted by molar-refractivity contribution is 5.96. The quantitative estimate of drug-likeness (QED) is 0.275. The minimum absolute atomic E-state index is 0.0405. The van der Waals surface area contributed by atoms with E-state index in [2.05, 4.69) is 46.1 Å². The van der Waals surface area contributed by atoms with Crippen LogP contribution in [0.3, 0.4) is 0 Å². The van der Waals surface area contributed by atoms with Crippen LogP contribution < -0.4 is 15.0 Å². The normalized spacial score (nSPS) is 10.9. The number of nitrogens with one attached hydrogen (secondary N) is 1. The molecule has 0 aliphatic heterocycles. The predicted molar refractivity (Wildman–Crippen MR) is 150 cm³/mol. The van der Waals surface area contributed by atoms with E-state index in [9.17, 15) is 4.79 Å². The van der Waals surface area contributed by atoms with E-state index in [1.54, 1.807) is 13.3 Å². The molecule has 0 unspecified atom stereocenters. The van der Waals surface area contributed by atoms with Crippen LogP contribution in [0.2, 0.25) is 0 Å². The molecule has 3 aromatic carbocycles. The Morgan fingerprint density at radius 2 is 1.68 bits per heavy atom. The number of anilines is 3. The molecule has 0 aliphatic carbocycles. The fraction of sp³-hybridized carbons (Fsp3) is 0.161. The van der Waals surface area contributed by atoms with Crippen molar-refractivity contribution in [2.24, 2.45) is 0 Å². The largest absolute Gasteiger partial charge is 0.497 e. The molecule has 0 bridgehead atoms. The van der Waals surface area contributed by atoms with Crippen molar-refractivity contribution < 1.29 is 9.53 Å². The Balaban J connectivity index is 1.33. The minimum atomic E-state index is -0.0405. The highest BCUT2D eigenvalue weighted by Crippen LogP contribution is 2.28. The number of para-hydroxylation sites is 1. The molecule has 37 heavy (non-hydrogen) atoms. The van der Waals surface area contributed by atoms with E-state index >= 15 is 0 Å². The maximum atomic E-state index is 13.1. The standard InChI is InChI=1S/C31H30N4O2/c1-22-28(27-8-4-5-9-29(27)35(22)21-23-11-17-26(37-3)18-12-23)20-31(36)33-24-13-15-25(16-14-24)34(2)30-10-6-7-19-32-30/h4-19H,20-21H2,1-3H3,(H,33,36). The van der Waals surface area contributed by atoms with Crippen LogP contribution in [0.15, 0.2) is 97.2 Å². The van der Waals surface area contributed by atoms with Gasteiger partial charge < -0.3 is 19.5 Å². The van der Waals surface area contributed by atoms with Crippen molar-refractivity contribution in [3.63, 3.8) is 0 Å². The molecular formula is C31H30N4O2. The summed E-state index contributed by atoms with van der Waals surface area (Å²) in [5, 5.41) is 4.17. The number of nitrogens with zero attached hydrogens (tertiary/aromatic N) is 3. The van der Waals surface area contributed by atoms with Gasteiger partial charge in [0, 0.05) is 47.8 Å². The number of pyridine rings is 1. The Kier molecular flexibility index (Phi) is 6.90. The van der Waals surface area contributed by atoms with Crippen molar-refractivity contribution in [2.45, 2.75) is 19.9 Å². The summed E-state index contributed by atoms with van der Waals surface area (Å²) in [5.41, 5.74) is 6.21. The highest BCUT2D eigenvalue weighted by Gasteiger charge is 2.17. The Morgan fingerprint density at radius 1 is 0.946 bits per heavy atom. The number of methoxy groups -OCH3 is 1. The molecule has 0 radical (unpaired) electrons. The SMILES string of the molecule is COc1ccc(Cn2c(C)c(CC(=O)Nc3ccc(N(C)c4ccccn4)cc3)c3ccccc32)cc1. The average molecular weight is 491 g/mol. The van der Waals surface area contributed by atoms with E-state index < -0.39 is 0 Å². The zero-order chi connectivity index (χ0) is 25.8. The van der Waals surface area contributed by atoms with Crippen LogP contribution in [0.5, 0.6) is 5.75 Å². The molecule has 1 amide bonds. The van der Waals surface area contributed by atoms with Crippen LogP contribution in [0.1, 0.15) is 16.8 Å². The van der Waals surface area contributed by atoms with E-state index in [0.29, 0.717) is 6.42 Å². The summed E-state index contributed by atoms with van der Waals surface area (Å²) >= 11 is 0. The predicted octanol–water partition coefficient (Wildman–Crippen LogP) is 6.35. The second kappa shape index (κ2) is 10.6. The van der Waals surface area contributed by atoms with Crippen molar-refractivity contribution in [1.82, 2.24) is 9.55 Å². The van der Waals surface area contributed by atoms with Gasteiger partial charge in [0.05, 0.1) is 13.5 Å². The van der Waals surface area contributed by atoms with E-state index in [1.165, 1.54) is 5.56 Å². The molecule has 1 N–H and O–H groups in total. The molecular weight excluding hydrogens is 460 g/mol. The molecule has 0 saturated heterocycles. The number of aromatic nitrogens is 2. The fourth-order valence-corrected chi connectivity index (χ4v) is 4.66. The Hall–Kier alpha value is -4.58. The third kappa shape index (κ3) is 5.19. The van der Waals surface area contributed by atoms with Gasteiger partial charge in [-0.2, -0.15) is 0 Å². The lowest BCUT2D eigenvalue weighted by molar-refractivity contribution is -0.115. The van der Waals surface area contributed by atoms with Gasteiger partial charge in [-0.15, -0.1) is 0 Å². The van der Waals surface area contributed by atoms with Gasteiger partial charge in [0.1, 0.15) is 11.6 Å². The molecule has 6 heteroatoms. The number of ether oxygens (including phenoxy) is 1. The van der Waals surface area contributed by atoms with Gasteiger partial charge in [-0.3, -0.25) is 4.79 Å². The second-order valence-electron chi connectivity index (χ2n) is 9.03. The summed E-state index contributed by atoms with van der Waals surface area (Å²) < 4.78 is 7.57. The minimum Gasteiger partial charge on any atom is -0.497 e. The summed E-state index contributed by atoms with van der Waals surface area (Å²) in [7, 11) is 3.64. The molecule has 0 spiro atoms. The lowest BCUT2D eigenvalue weighted by Gasteiger charge is -2.18. The van der Waals surface area contributed by atoms with Crippen LogP contribution >= 0.6 is 0 Å². The Morgan fingerprint density at radius 3 is 2.38 bits per heavy atom. The molecule has 0 aliphatic rings. The molecule has 5 rings (SSSR count). The highest BCUT2D eigenvalue weighted by atomic mass is 16.5. The van der Waals surface area contributed by atoms with Crippen LogP contribution in [0.4, 0.5) is 17.2 Å². The van der Waals surface area contributed by atoms with Gasteiger partial charge in [-0.05, 0) is 72.6 Å². The number of hydrogen-bond acceptors (Lipinski definition) is 4. The van der Waals surface area contributed by atoms with E-state index in [1.807, 2.05) is 78.7 Å². The monoisotopic (exact) mass is 490 g/mol. The van der Waals surface area contributed by atoms with Crippen molar-refractivity contribution >= 4 is 34.0 Å². The first-order chi connectivity index (χ1) is 18.0. The number of carbonyl (C=O) groups excluding carboxylic acids is 1. The van der Waals surface area contributed by atoms with E-state index in [-0.39, 0.29) is 5.91 Å². The van der Waals surface area contributed by atoms with Gasteiger partial charge >= 0.3 is 0 Å². The molecule has 0 atom stereocenters. The molecule has 0 saturated carbocycles. The Labute approximate surface area is 217 Å². The third-order valence-corrected chi connectivity index (χ3v) is 6.73. The number of fused-ring (bicyclic) bond motifs is 1. The third-order valence-electron chi connectivity index (χ3n) is 6.73. The zero-order valence-corrected chi connectivity index (χ0v) is 21.3. The summed E-state index contributed by atoms with van der Waals surface area (Å²) in [4.78, 5) is 19.5. The van der Waals surface area contributed by atoms with Gasteiger partial charge in [-0.25, -0.2) is 4.98 Å². The topological polar surface area (TPSA) is 59.4 Å². The number of hydrogen-bond donors (Lipinski definition) is 1. The van der Waals surface area contributed by atoms with Crippen LogP contribution in [0.25, 0.3) is 10.9 Å². The lowest BCUT2D eigenvalue weighted by atomic mass is 10.1. The number of benzene rings is 3. The summed E-state index contributed by atoms with van der Waals surface area (Å²) in [6, 6.07) is 30.0. The van der Waals surface area contributed by atoms with Crippen molar-refractivity contribution in [1.29, 1.82) is 0 Å². The first kappa shape index (κ1) is 24.1. The number of amides is 1. The first-order valence-corrected chi connectivity index (χ1v) is 12.3. The molecule has 5 aromatic rings. The van der Waals surface area contributed by atoms with Crippen molar-refractivity contribution in [3.05, 3.63) is 114 Å². The van der Waals surface area contributed by atoms with Gasteiger partial charge in [0.25, 0.3) is 0 Å². The van der Waals surface area contributed by atoms with Gasteiger partial charge in [0.2, 0.25) is 5.91 Å². The molecule has 6 nitrogen and oxygen atoms in total. The van der Waals surface area contributed by atoms with Gasteiger partial charge in [0.15, 0.2) is 0 Å². The zero-order valence-electron chi connectivity index (χ0n) is 21.3. The molecule has 2 aromatic heterocycles. The smallest absolute Gasteiger partial charge is 0.228 e. The van der Waals surface area contributed by atoms with Gasteiger partial charge in [-0.1, -0.05) is 36.4 Å². The van der Waals surface area contributed by atoms with E-state index in [0.717, 1.165) is 51.6 Å². The summed E-state index contributed by atoms with van der Waals surface area (Å²) in [6.45, 7) is 2.82. The molecule has 2 heterocycles. The van der Waals surface area contributed by atoms with Crippen LogP contribution in [-0.4, -0.2) is 29.6 Å². The number of carbonyl (C=O) groups is 1.